The van der Waals surface area contributed by atoms with Crippen molar-refractivity contribution in [2.75, 3.05) is 19.0 Å². The van der Waals surface area contributed by atoms with Gasteiger partial charge in [-0.2, -0.15) is 0 Å². The van der Waals surface area contributed by atoms with Gasteiger partial charge in [0, 0.05) is 31.8 Å². The van der Waals surface area contributed by atoms with E-state index in [9.17, 15) is 0 Å². The van der Waals surface area contributed by atoms with Crippen LogP contribution < -0.4 is 4.90 Å². The first kappa shape index (κ1) is 11.6. The smallest absolute Gasteiger partial charge is 0.226 e. The molecule has 4 heteroatoms. The average molecular weight is 231 g/mol. The van der Waals surface area contributed by atoms with Gasteiger partial charge in [-0.25, -0.2) is 9.97 Å². The summed E-state index contributed by atoms with van der Waals surface area (Å²) in [5.41, 5.74) is 0.954. The van der Waals surface area contributed by atoms with Gasteiger partial charge in [0.2, 0.25) is 5.89 Å². The van der Waals surface area contributed by atoms with Crippen molar-refractivity contribution in [3.05, 3.63) is 30.3 Å². The van der Waals surface area contributed by atoms with Crippen LogP contribution in [-0.2, 0) is 0 Å². The van der Waals surface area contributed by atoms with Crippen LogP contribution in [0.4, 0.5) is 5.82 Å². The fraction of sp³-hybridized carbons (Fsp3) is 0.385. The highest BCUT2D eigenvalue weighted by Crippen LogP contribution is 2.24. The van der Waals surface area contributed by atoms with Gasteiger partial charge in [0.1, 0.15) is 11.6 Å². The summed E-state index contributed by atoms with van der Waals surface area (Å²) in [5, 5.41) is 0. The summed E-state index contributed by atoms with van der Waals surface area (Å²) in [6.45, 7) is 4.17. The molecule has 0 bridgehead atoms. The first-order valence-electron chi connectivity index (χ1n) is 5.67. The van der Waals surface area contributed by atoms with E-state index in [0.717, 1.165) is 17.1 Å². The third-order valence-electron chi connectivity index (χ3n) is 2.54. The maximum Gasteiger partial charge on any atom is 0.226 e. The van der Waals surface area contributed by atoms with Gasteiger partial charge in [0.25, 0.3) is 0 Å². The lowest BCUT2D eigenvalue weighted by atomic mass is 10.2. The maximum absolute atomic E-state index is 5.71. The minimum absolute atomic E-state index is 0.353. The molecule has 0 spiro atoms. The van der Waals surface area contributed by atoms with Gasteiger partial charge >= 0.3 is 0 Å². The molecule has 0 atom stereocenters. The fourth-order valence-electron chi connectivity index (χ4n) is 1.48. The predicted octanol–water partition coefficient (Wildman–Crippen LogP) is 2.93. The molecule has 2 aromatic rings. The molecule has 0 amide bonds. The Kier molecular flexibility index (Phi) is 3.13. The van der Waals surface area contributed by atoms with Crippen LogP contribution in [0.2, 0.25) is 0 Å². The Morgan fingerprint density at radius 3 is 2.59 bits per heavy atom. The van der Waals surface area contributed by atoms with Crippen LogP contribution in [0.25, 0.3) is 11.5 Å². The molecule has 90 valence electrons. The molecule has 2 aromatic heterocycles. The lowest BCUT2D eigenvalue weighted by Gasteiger charge is -2.10. The van der Waals surface area contributed by atoms with Gasteiger partial charge in [-0.05, 0) is 12.1 Å². The molecule has 0 unspecified atom stereocenters. The molecule has 0 fully saturated rings. The molecule has 0 N–H and O–H groups in total. The topological polar surface area (TPSA) is 42.2 Å². The van der Waals surface area contributed by atoms with E-state index in [-0.39, 0.29) is 0 Å². The van der Waals surface area contributed by atoms with Gasteiger partial charge in [0.15, 0.2) is 0 Å². The van der Waals surface area contributed by atoms with Crippen LogP contribution in [0.15, 0.2) is 28.9 Å². The van der Waals surface area contributed by atoms with Crippen LogP contribution in [0, 0.1) is 0 Å². The van der Waals surface area contributed by atoms with Crippen LogP contribution in [0.5, 0.6) is 0 Å². The fourth-order valence-corrected chi connectivity index (χ4v) is 1.48. The first-order valence-corrected chi connectivity index (χ1v) is 5.67. The molecule has 2 rings (SSSR count). The Labute approximate surface area is 101 Å². The second-order valence-electron chi connectivity index (χ2n) is 4.52. The highest BCUT2D eigenvalue weighted by molar-refractivity contribution is 5.58. The number of oxazole rings is 1. The van der Waals surface area contributed by atoms with Crippen molar-refractivity contribution in [3.63, 3.8) is 0 Å². The number of hydrogen-bond donors (Lipinski definition) is 0. The predicted molar refractivity (Wildman–Crippen MR) is 68.2 cm³/mol. The normalized spacial score (nSPS) is 10.9. The zero-order valence-corrected chi connectivity index (χ0v) is 10.6. The Morgan fingerprint density at radius 1 is 1.24 bits per heavy atom. The molecular formula is C13H17N3O. The number of hydrogen-bond acceptors (Lipinski definition) is 4. The summed E-state index contributed by atoms with van der Waals surface area (Å²) in [6.07, 6.45) is 3.56. The SMILES string of the molecule is CC(C)c1cnc(-c2ccnc(N(C)C)c2)o1. The Morgan fingerprint density at radius 2 is 2.00 bits per heavy atom. The van der Waals surface area contributed by atoms with Crippen molar-refractivity contribution in [3.8, 4) is 11.5 Å². The molecule has 0 saturated heterocycles. The van der Waals surface area contributed by atoms with E-state index in [0.29, 0.717) is 11.8 Å². The molecule has 2 heterocycles. The minimum Gasteiger partial charge on any atom is -0.441 e. The average Bonchev–Trinajstić information content (AvgIpc) is 2.78. The highest BCUT2D eigenvalue weighted by Gasteiger charge is 2.10. The monoisotopic (exact) mass is 231 g/mol. The molecule has 0 aliphatic rings. The summed E-state index contributed by atoms with van der Waals surface area (Å²) in [4.78, 5) is 10.5. The van der Waals surface area contributed by atoms with Crippen molar-refractivity contribution in [2.45, 2.75) is 19.8 Å². The second kappa shape index (κ2) is 4.57. The van der Waals surface area contributed by atoms with Crippen LogP contribution >= 0.6 is 0 Å². The van der Waals surface area contributed by atoms with Crippen molar-refractivity contribution in [2.24, 2.45) is 0 Å². The number of nitrogens with zero attached hydrogens (tertiary/aromatic N) is 3. The number of aromatic nitrogens is 2. The summed E-state index contributed by atoms with van der Waals surface area (Å²) < 4.78 is 5.71. The quantitative estimate of drug-likeness (QED) is 0.814. The van der Waals surface area contributed by atoms with Gasteiger partial charge in [-0.1, -0.05) is 13.8 Å². The van der Waals surface area contributed by atoms with E-state index >= 15 is 0 Å². The highest BCUT2D eigenvalue weighted by atomic mass is 16.4. The van der Waals surface area contributed by atoms with Crippen LogP contribution in [-0.4, -0.2) is 24.1 Å². The van der Waals surface area contributed by atoms with E-state index in [1.165, 1.54) is 0 Å². The molecule has 0 aromatic carbocycles. The van der Waals surface area contributed by atoms with Crippen LogP contribution in [0.3, 0.4) is 0 Å². The molecule has 0 radical (unpaired) electrons. The molecule has 0 aliphatic carbocycles. The van der Waals surface area contributed by atoms with Crippen molar-refractivity contribution in [1.29, 1.82) is 0 Å². The van der Waals surface area contributed by atoms with Crippen molar-refractivity contribution >= 4 is 5.82 Å². The standard InChI is InChI=1S/C13H17N3O/c1-9(2)11-8-15-13(17-11)10-5-6-14-12(7-10)16(3)4/h5-9H,1-4H3. The van der Waals surface area contributed by atoms with E-state index in [2.05, 4.69) is 23.8 Å². The number of pyridine rings is 1. The molecule has 4 nitrogen and oxygen atoms in total. The lowest BCUT2D eigenvalue weighted by Crippen LogP contribution is -2.10. The summed E-state index contributed by atoms with van der Waals surface area (Å²) >= 11 is 0. The number of anilines is 1. The minimum atomic E-state index is 0.353. The van der Waals surface area contributed by atoms with Gasteiger partial charge < -0.3 is 9.32 Å². The van der Waals surface area contributed by atoms with Gasteiger partial charge in [-0.15, -0.1) is 0 Å². The van der Waals surface area contributed by atoms with E-state index in [1.807, 2.05) is 31.1 Å². The van der Waals surface area contributed by atoms with E-state index in [1.54, 1.807) is 12.4 Å². The third kappa shape index (κ3) is 2.46. The second-order valence-corrected chi connectivity index (χ2v) is 4.52. The molecule has 0 saturated carbocycles. The van der Waals surface area contributed by atoms with Crippen molar-refractivity contribution < 1.29 is 4.42 Å². The molecular weight excluding hydrogens is 214 g/mol. The molecule has 17 heavy (non-hydrogen) atoms. The zero-order valence-electron chi connectivity index (χ0n) is 10.6. The maximum atomic E-state index is 5.71. The Hall–Kier alpha value is -1.84. The van der Waals surface area contributed by atoms with Crippen LogP contribution in [0.1, 0.15) is 25.5 Å². The molecule has 0 aliphatic heterocycles. The largest absolute Gasteiger partial charge is 0.441 e. The van der Waals surface area contributed by atoms with E-state index < -0.39 is 0 Å². The third-order valence-corrected chi connectivity index (χ3v) is 2.54. The number of rotatable bonds is 3. The summed E-state index contributed by atoms with van der Waals surface area (Å²) in [5.74, 6) is 2.81. The lowest BCUT2D eigenvalue weighted by molar-refractivity contribution is 0.495. The first-order chi connectivity index (χ1) is 8.08. The van der Waals surface area contributed by atoms with E-state index in [4.69, 9.17) is 4.42 Å². The van der Waals surface area contributed by atoms with Crippen molar-refractivity contribution in [1.82, 2.24) is 9.97 Å². The van der Waals surface area contributed by atoms with Gasteiger partial charge in [-0.3, -0.25) is 0 Å². The summed E-state index contributed by atoms with van der Waals surface area (Å²) in [7, 11) is 3.92. The van der Waals surface area contributed by atoms with Gasteiger partial charge in [0.05, 0.1) is 6.20 Å². The Balaban J connectivity index is 2.35. The Bertz CT molecular complexity index is 503. The summed E-state index contributed by atoms with van der Waals surface area (Å²) in [6, 6.07) is 3.87. The zero-order chi connectivity index (χ0) is 12.4.